The van der Waals surface area contributed by atoms with Gasteiger partial charge in [0.15, 0.2) is 0 Å². The third kappa shape index (κ3) is 3.18. The molecule has 0 unspecified atom stereocenters. The van der Waals surface area contributed by atoms with Crippen molar-refractivity contribution in [3.05, 3.63) is 0 Å². The summed E-state index contributed by atoms with van der Waals surface area (Å²) in [5, 5.41) is 0. The third-order valence-electron chi connectivity index (χ3n) is 1.37. The first kappa shape index (κ1) is 9.39. The maximum Gasteiger partial charge on any atom is 0.202 e. The van der Waals surface area contributed by atoms with Crippen LogP contribution in [0.4, 0.5) is 0 Å². The monoisotopic (exact) mass is 161 g/mol. The van der Waals surface area contributed by atoms with Gasteiger partial charge < -0.3 is 4.12 Å². The molecule has 0 aliphatic rings. The van der Waals surface area contributed by atoms with Crippen LogP contribution < -0.4 is 0 Å². The number of hydrogen-bond donors (Lipinski definition) is 0. The average molecular weight is 161 g/mol. The van der Waals surface area contributed by atoms with Gasteiger partial charge in [0, 0.05) is 0 Å². The van der Waals surface area contributed by atoms with Crippen LogP contribution in [0.1, 0.15) is 27.7 Å². The second kappa shape index (κ2) is 4.25. The van der Waals surface area contributed by atoms with Gasteiger partial charge in [0.2, 0.25) is 9.04 Å². The van der Waals surface area contributed by atoms with Crippen LogP contribution in [0, 0.1) is 0 Å². The third-order valence-corrected chi connectivity index (χ3v) is 5.54. The van der Waals surface area contributed by atoms with Gasteiger partial charge in [0.05, 0.1) is 0 Å². The zero-order valence-electron chi connectivity index (χ0n) is 7.06. The SMILES string of the molecule is CC(C)[Si](O[SiH3])C(C)C. The molecule has 0 rings (SSSR count). The molecule has 0 bridgehead atoms. The highest BCUT2D eigenvalue weighted by atomic mass is 28.3. The summed E-state index contributed by atoms with van der Waals surface area (Å²) in [7, 11) is 0.457. The van der Waals surface area contributed by atoms with E-state index < -0.39 is 9.04 Å². The molecule has 0 spiro atoms. The van der Waals surface area contributed by atoms with Gasteiger partial charge >= 0.3 is 0 Å². The fourth-order valence-corrected chi connectivity index (χ4v) is 6.24. The van der Waals surface area contributed by atoms with E-state index in [1.165, 1.54) is 0 Å². The highest BCUT2D eigenvalue weighted by Gasteiger charge is 2.19. The highest BCUT2D eigenvalue weighted by molar-refractivity contribution is 6.58. The molecule has 0 heterocycles. The Kier molecular flexibility index (Phi) is 4.43. The minimum absolute atomic E-state index is 0.456. The van der Waals surface area contributed by atoms with Gasteiger partial charge in [-0.25, -0.2) is 0 Å². The molecule has 0 atom stereocenters. The summed E-state index contributed by atoms with van der Waals surface area (Å²) in [4.78, 5) is 0. The molecule has 0 aliphatic heterocycles. The van der Waals surface area contributed by atoms with Gasteiger partial charge in [-0.1, -0.05) is 27.7 Å². The van der Waals surface area contributed by atoms with Crippen molar-refractivity contribution in [3.63, 3.8) is 0 Å². The lowest BCUT2D eigenvalue weighted by Gasteiger charge is -2.19. The van der Waals surface area contributed by atoms with Crippen molar-refractivity contribution in [3.8, 4) is 0 Å². The molecule has 0 aromatic rings. The van der Waals surface area contributed by atoms with Gasteiger partial charge in [-0.2, -0.15) is 0 Å². The molecule has 55 valence electrons. The molecule has 3 heteroatoms. The van der Waals surface area contributed by atoms with Gasteiger partial charge in [-0.3, -0.25) is 0 Å². The molecule has 0 saturated heterocycles. The summed E-state index contributed by atoms with van der Waals surface area (Å²) in [6.45, 7) is 9.02. The van der Waals surface area contributed by atoms with Crippen molar-refractivity contribution in [2.24, 2.45) is 0 Å². The minimum Gasteiger partial charge on any atom is -0.463 e. The quantitative estimate of drug-likeness (QED) is 0.563. The van der Waals surface area contributed by atoms with E-state index >= 15 is 0 Å². The molecule has 0 N–H and O–H groups in total. The normalized spacial score (nSPS) is 12.3. The summed E-state index contributed by atoms with van der Waals surface area (Å²) >= 11 is 0. The molecule has 0 aromatic carbocycles. The summed E-state index contributed by atoms with van der Waals surface area (Å²) in [5.41, 5.74) is 1.54. The standard InChI is InChI=1S/C6H17OSi2/c1-5(2)9(7-8)6(3)4/h5-6H,1-4,8H3. The van der Waals surface area contributed by atoms with Crippen LogP contribution in [0.2, 0.25) is 11.1 Å². The van der Waals surface area contributed by atoms with E-state index in [0.29, 0.717) is 0 Å². The van der Waals surface area contributed by atoms with Crippen LogP contribution in [0.3, 0.4) is 0 Å². The van der Waals surface area contributed by atoms with E-state index in [4.69, 9.17) is 4.12 Å². The molecule has 0 aromatic heterocycles. The lowest BCUT2D eigenvalue weighted by atomic mass is 10.5. The Morgan fingerprint density at radius 1 is 1.11 bits per heavy atom. The van der Waals surface area contributed by atoms with Crippen molar-refractivity contribution in [2.45, 2.75) is 38.8 Å². The summed E-state index contributed by atoms with van der Waals surface area (Å²) in [6.07, 6.45) is 0. The zero-order valence-corrected chi connectivity index (χ0v) is 10.1. The first-order valence-corrected chi connectivity index (χ1v) is 5.88. The Labute approximate surface area is 63.1 Å². The Hall–Kier alpha value is 0.394. The van der Waals surface area contributed by atoms with Gasteiger partial charge in [0.25, 0.3) is 0 Å². The molecule has 1 radical (unpaired) electrons. The molecule has 0 saturated carbocycles. The smallest absolute Gasteiger partial charge is 0.202 e. The molecular weight excluding hydrogens is 144 g/mol. The van der Waals surface area contributed by atoms with Crippen molar-refractivity contribution >= 4 is 19.5 Å². The maximum absolute atomic E-state index is 5.51. The van der Waals surface area contributed by atoms with Crippen LogP contribution in [-0.4, -0.2) is 19.5 Å². The topological polar surface area (TPSA) is 9.23 Å². The van der Waals surface area contributed by atoms with Crippen LogP contribution >= 0.6 is 0 Å². The predicted octanol–water partition coefficient (Wildman–Crippen LogP) is 1.09. The van der Waals surface area contributed by atoms with Crippen LogP contribution in [0.25, 0.3) is 0 Å². The van der Waals surface area contributed by atoms with E-state index in [-0.39, 0.29) is 0 Å². The Morgan fingerprint density at radius 2 is 1.44 bits per heavy atom. The summed E-state index contributed by atoms with van der Waals surface area (Å²) in [5.74, 6) is 0. The lowest BCUT2D eigenvalue weighted by molar-refractivity contribution is 0.587. The van der Waals surface area contributed by atoms with Gasteiger partial charge in [0.1, 0.15) is 10.5 Å². The van der Waals surface area contributed by atoms with Crippen molar-refractivity contribution in [1.82, 2.24) is 0 Å². The molecule has 0 aliphatic carbocycles. The van der Waals surface area contributed by atoms with Crippen molar-refractivity contribution in [1.29, 1.82) is 0 Å². The largest absolute Gasteiger partial charge is 0.463 e. The van der Waals surface area contributed by atoms with E-state index in [2.05, 4.69) is 27.7 Å². The number of hydrogen-bond acceptors (Lipinski definition) is 1. The zero-order chi connectivity index (χ0) is 7.44. The molecular formula is C6H17OSi2. The fourth-order valence-electron chi connectivity index (χ4n) is 1.14. The second-order valence-corrected chi connectivity index (χ2v) is 7.66. The predicted molar refractivity (Wildman–Crippen MR) is 47.0 cm³/mol. The van der Waals surface area contributed by atoms with E-state index in [1.54, 1.807) is 0 Å². The number of rotatable bonds is 3. The van der Waals surface area contributed by atoms with E-state index in [1.807, 2.05) is 0 Å². The van der Waals surface area contributed by atoms with Crippen molar-refractivity contribution in [2.75, 3.05) is 0 Å². The summed E-state index contributed by atoms with van der Waals surface area (Å²) in [6, 6.07) is 0. The van der Waals surface area contributed by atoms with E-state index in [0.717, 1.165) is 21.6 Å². The maximum atomic E-state index is 5.51. The Morgan fingerprint density at radius 3 is 1.44 bits per heavy atom. The van der Waals surface area contributed by atoms with Gasteiger partial charge in [-0.15, -0.1) is 0 Å². The fraction of sp³-hybridized carbons (Fsp3) is 1.00. The molecule has 1 nitrogen and oxygen atoms in total. The Balaban J connectivity index is 3.68. The second-order valence-electron chi connectivity index (χ2n) is 2.92. The molecule has 9 heavy (non-hydrogen) atoms. The minimum atomic E-state index is -0.456. The summed E-state index contributed by atoms with van der Waals surface area (Å²) < 4.78 is 5.51. The van der Waals surface area contributed by atoms with Crippen molar-refractivity contribution < 1.29 is 4.12 Å². The van der Waals surface area contributed by atoms with Crippen LogP contribution in [-0.2, 0) is 4.12 Å². The van der Waals surface area contributed by atoms with Crippen LogP contribution in [0.5, 0.6) is 0 Å². The lowest BCUT2D eigenvalue weighted by Crippen LogP contribution is -2.24. The molecule has 0 fully saturated rings. The first-order valence-electron chi connectivity index (χ1n) is 3.50. The highest BCUT2D eigenvalue weighted by Crippen LogP contribution is 2.19. The average Bonchev–Trinajstić information content (AvgIpc) is 1.64. The molecule has 0 amide bonds. The van der Waals surface area contributed by atoms with E-state index in [9.17, 15) is 0 Å². The van der Waals surface area contributed by atoms with Crippen LogP contribution in [0.15, 0.2) is 0 Å². The first-order chi connectivity index (χ1) is 4.09. The Bertz CT molecular complexity index is 65.5. The van der Waals surface area contributed by atoms with Gasteiger partial charge in [-0.05, 0) is 11.1 Å².